The van der Waals surface area contributed by atoms with Gasteiger partial charge >= 0.3 is 5.69 Å². The third-order valence-corrected chi connectivity index (χ3v) is 3.98. The Hall–Kier alpha value is -2.27. The minimum absolute atomic E-state index is 0.0336. The summed E-state index contributed by atoms with van der Waals surface area (Å²) in [5.41, 5.74) is -0.702. The van der Waals surface area contributed by atoms with Crippen LogP contribution >= 0.6 is 0 Å². The van der Waals surface area contributed by atoms with Crippen LogP contribution in [0.2, 0.25) is 0 Å². The van der Waals surface area contributed by atoms with Gasteiger partial charge in [0.2, 0.25) is 0 Å². The summed E-state index contributed by atoms with van der Waals surface area (Å²) in [6, 6.07) is 2.84. The molecule has 0 saturated carbocycles. The fraction of sp³-hybridized carbons (Fsp3) is 0.500. The standard InChI is InChI=1S/C14H18N4O6/c1-16-4-2-8(15-16)6-18-10(20)3-5-17(14(18)23)13-12(22)11(21)9(7-19)24-13/h2-5,9,11-13,19,21-22H,6-7H2,1H3/t9-,11?,12+,13-/m1/s1. The summed E-state index contributed by atoms with van der Waals surface area (Å²) in [5, 5.41) is 33.1. The molecule has 3 rings (SSSR count). The predicted molar refractivity (Wildman–Crippen MR) is 80.3 cm³/mol. The molecular weight excluding hydrogens is 320 g/mol. The predicted octanol–water partition coefficient (Wildman–Crippen LogP) is -2.60. The Morgan fingerprint density at radius 3 is 2.54 bits per heavy atom. The lowest BCUT2D eigenvalue weighted by atomic mass is 10.1. The van der Waals surface area contributed by atoms with Crippen LogP contribution in [0, 0.1) is 0 Å². The van der Waals surface area contributed by atoms with Gasteiger partial charge in [0.05, 0.1) is 18.8 Å². The number of aromatic nitrogens is 4. The van der Waals surface area contributed by atoms with Gasteiger partial charge in [0.15, 0.2) is 6.23 Å². The van der Waals surface area contributed by atoms with Crippen molar-refractivity contribution >= 4 is 0 Å². The molecule has 0 aliphatic carbocycles. The van der Waals surface area contributed by atoms with Crippen LogP contribution in [0.1, 0.15) is 11.9 Å². The number of hydrogen-bond acceptors (Lipinski definition) is 7. The van der Waals surface area contributed by atoms with Gasteiger partial charge in [-0.15, -0.1) is 0 Å². The first kappa shape index (κ1) is 16.6. The first-order valence-corrected chi connectivity index (χ1v) is 7.35. The van der Waals surface area contributed by atoms with Gasteiger partial charge in [-0.1, -0.05) is 0 Å². The molecule has 0 aromatic carbocycles. The Bertz CT molecular complexity index is 840. The first-order chi connectivity index (χ1) is 11.4. The molecule has 0 radical (unpaired) electrons. The van der Waals surface area contributed by atoms with E-state index >= 15 is 0 Å². The lowest BCUT2D eigenvalue weighted by Crippen LogP contribution is -2.43. The third-order valence-electron chi connectivity index (χ3n) is 3.98. The molecule has 2 aromatic heterocycles. The molecule has 10 nitrogen and oxygen atoms in total. The Morgan fingerprint density at radius 1 is 1.21 bits per heavy atom. The highest BCUT2D eigenvalue weighted by molar-refractivity contribution is 5.01. The number of nitrogens with zero attached hydrogens (tertiary/aromatic N) is 4. The molecule has 1 aliphatic rings. The van der Waals surface area contributed by atoms with Gasteiger partial charge in [-0.25, -0.2) is 4.79 Å². The van der Waals surface area contributed by atoms with E-state index in [0.717, 1.165) is 9.13 Å². The summed E-state index contributed by atoms with van der Waals surface area (Å²) in [6.45, 7) is -0.537. The quantitative estimate of drug-likeness (QED) is 0.557. The van der Waals surface area contributed by atoms with Crippen LogP contribution in [0.4, 0.5) is 0 Å². The molecule has 1 unspecified atom stereocenters. The van der Waals surface area contributed by atoms with E-state index in [1.54, 1.807) is 24.0 Å². The van der Waals surface area contributed by atoms with Gasteiger partial charge in [0.25, 0.3) is 5.56 Å². The molecule has 4 atom stereocenters. The third kappa shape index (κ3) is 2.80. The molecule has 2 aromatic rings. The van der Waals surface area contributed by atoms with Gasteiger partial charge < -0.3 is 20.1 Å². The maximum absolute atomic E-state index is 12.6. The Balaban J connectivity index is 1.98. The molecule has 3 N–H and O–H groups in total. The van der Waals surface area contributed by atoms with Crippen LogP contribution in [0.15, 0.2) is 34.1 Å². The van der Waals surface area contributed by atoms with Gasteiger partial charge in [-0.05, 0) is 6.07 Å². The van der Waals surface area contributed by atoms with Crippen molar-refractivity contribution in [3.8, 4) is 0 Å². The second-order valence-electron chi connectivity index (χ2n) is 5.64. The van der Waals surface area contributed by atoms with E-state index in [9.17, 15) is 19.8 Å². The number of ether oxygens (including phenoxy) is 1. The normalized spacial score (nSPS) is 26.8. The zero-order valence-corrected chi connectivity index (χ0v) is 12.9. The van der Waals surface area contributed by atoms with Crippen LogP contribution in [-0.2, 0) is 18.3 Å². The first-order valence-electron chi connectivity index (χ1n) is 7.35. The van der Waals surface area contributed by atoms with E-state index < -0.39 is 42.4 Å². The van der Waals surface area contributed by atoms with Crippen molar-refractivity contribution in [2.24, 2.45) is 7.05 Å². The number of aryl methyl sites for hydroxylation is 1. The average molecular weight is 338 g/mol. The van der Waals surface area contributed by atoms with E-state index in [1.807, 2.05) is 0 Å². The minimum atomic E-state index is -1.40. The van der Waals surface area contributed by atoms with E-state index in [1.165, 1.54) is 12.3 Å². The summed E-state index contributed by atoms with van der Waals surface area (Å²) >= 11 is 0. The van der Waals surface area contributed by atoms with Gasteiger partial charge in [-0.2, -0.15) is 5.10 Å². The summed E-state index contributed by atoms with van der Waals surface area (Å²) in [6.07, 6.45) is -2.05. The molecule has 0 amide bonds. The average Bonchev–Trinajstić information content (AvgIpc) is 3.09. The second kappa shape index (κ2) is 6.32. The molecule has 1 saturated heterocycles. The van der Waals surface area contributed by atoms with Crippen LogP contribution in [-0.4, -0.2) is 59.2 Å². The van der Waals surface area contributed by atoms with Crippen molar-refractivity contribution in [2.75, 3.05) is 6.61 Å². The van der Waals surface area contributed by atoms with Crippen LogP contribution in [0.25, 0.3) is 0 Å². The highest BCUT2D eigenvalue weighted by Gasteiger charge is 2.43. The molecule has 0 bridgehead atoms. The molecule has 130 valence electrons. The second-order valence-corrected chi connectivity index (χ2v) is 5.64. The van der Waals surface area contributed by atoms with Crippen LogP contribution < -0.4 is 11.2 Å². The molecule has 1 fully saturated rings. The maximum Gasteiger partial charge on any atom is 0.333 e. The Kier molecular flexibility index (Phi) is 4.37. The Labute approximate surface area is 135 Å². The lowest BCUT2D eigenvalue weighted by Gasteiger charge is -2.18. The Morgan fingerprint density at radius 2 is 1.96 bits per heavy atom. The monoisotopic (exact) mass is 338 g/mol. The molecule has 24 heavy (non-hydrogen) atoms. The van der Waals surface area contributed by atoms with Crippen LogP contribution in [0.3, 0.4) is 0 Å². The number of aliphatic hydroxyl groups excluding tert-OH is 3. The van der Waals surface area contributed by atoms with E-state index in [2.05, 4.69) is 5.10 Å². The van der Waals surface area contributed by atoms with Crippen molar-refractivity contribution in [2.45, 2.75) is 31.1 Å². The van der Waals surface area contributed by atoms with Crippen molar-refractivity contribution < 1.29 is 20.1 Å². The molecule has 1 aliphatic heterocycles. The van der Waals surface area contributed by atoms with Gasteiger partial charge in [0, 0.05) is 25.5 Å². The zero-order valence-electron chi connectivity index (χ0n) is 12.9. The lowest BCUT2D eigenvalue weighted by molar-refractivity contribution is -0.0555. The minimum Gasteiger partial charge on any atom is -0.394 e. The highest BCUT2D eigenvalue weighted by atomic mass is 16.6. The number of rotatable bonds is 4. The highest BCUT2D eigenvalue weighted by Crippen LogP contribution is 2.27. The molecular formula is C14H18N4O6. The molecule has 0 spiro atoms. The van der Waals surface area contributed by atoms with Crippen molar-refractivity contribution in [1.29, 1.82) is 0 Å². The zero-order chi connectivity index (χ0) is 17.4. The summed E-state index contributed by atoms with van der Waals surface area (Å²) in [5.74, 6) is 0. The maximum atomic E-state index is 12.6. The molecule has 3 heterocycles. The van der Waals surface area contributed by atoms with Crippen molar-refractivity contribution in [3.63, 3.8) is 0 Å². The SMILES string of the molecule is Cn1ccc(Cn2c(=O)ccn([C@@H]3O[C@H](CO)C(O)[C@@H]3O)c2=O)n1. The van der Waals surface area contributed by atoms with Gasteiger partial charge in [-0.3, -0.25) is 18.6 Å². The van der Waals surface area contributed by atoms with Crippen molar-refractivity contribution in [1.82, 2.24) is 18.9 Å². The fourth-order valence-corrected chi connectivity index (χ4v) is 2.69. The molecule has 10 heteroatoms. The van der Waals surface area contributed by atoms with E-state index in [4.69, 9.17) is 9.84 Å². The van der Waals surface area contributed by atoms with E-state index in [-0.39, 0.29) is 6.54 Å². The fourth-order valence-electron chi connectivity index (χ4n) is 2.69. The summed E-state index contributed by atoms with van der Waals surface area (Å²) in [4.78, 5) is 24.6. The topological polar surface area (TPSA) is 132 Å². The van der Waals surface area contributed by atoms with E-state index in [0.29, 0.717) is 5.69 Å². The van der Waals surface area contributed by atoms with Crippen molar-refractivity contribution in [3.05, 3.63) is 51.1 Å². The summed E-state index contributed by atoms with van der Waals surface area (Å²) in [7, 11) is 1.72. The largest absolute Gasteiger partial charge is 0.394 e. The smallest absolute Gasteiger partial charge is 0.333 e. The number of hydrogen-bond donors (Lipinski definition) is 3. The van der Waals surface area contributed by atoms with Crippen LogP contribution in [0.5, 0.6) is 0 Å². The number of aliphatic hydroxyl groups is 3. The van der Waals surface area contributed by atoms with Gasteiger partial charge in [0.1, 0.15) is 18.3 Å². The summed E-state index contributed by atoms with van der Waals surface area (Å²) < 4.78 is 8.86.